The summed E-state index contributed by atoms with van der Waals surface area (Å²) in [6.45, 7) is 3.00. The Hall–Kier alpha value is -2.22. The number of piperazine rings is 1. The number of nitrogens with one attached hydrogen (secondary N) is 1. The molecule has 0 spiro atoms. The molecule has 4 rings (SSSR count). The molecular formula is C21H24ClN3O3S. The molecule has 2 amide bonds. The zero-order valence-electron chi connectivity index (χ0n) is 16.0. The van der Waals surface area contributed by atoms with Crippen LogP contribution in [-0.2, 0) is 4.79 Å². The third-order valence-corrected chi connectivity index (χ3v) is 6.27. The highest BCUT2D eigenvalue weighted by Crippen LogP contribution is 2.23. The molecule has 2 aliphatic heterocycles. The van der Waals surface area contributed by atoms with Crippen molar-refractivity contribution in [2.75, 3.05) is 32.7 Å². The second kappa shape index (κ2) is 9.52. The van der Waals surface area contributed by atoms with Gasteiger partial charge in [0.15, 0.2) is 0 Å². The maximum atomic E-state index is 13.3. The summed E-state index contributed by atoms with van der Waals surface area (Å²) in [5.41, 5.74) is 0.878. The molecule has 2 aliphatic rings. The quantitative estimate of drug-likeness (QED) is 0.752. The molecule has 1 aromatic heterocycles. The van der Waals surface area contributed by atoms with Crippen LogP contribution in [0.15, 0.2) is 41.8 Å². The van der Waals surface area contributed by atoms with Gasteiger partial charge in [0.05, 0.1) is 17.0 Å². The summed E-state index contributed by atoms with van der Waals surface area (Å²) < 4.78 is 0. The maximum absolute atomic E-state index is 13.3. The Kier molecular flexibility index (Phi) is 7.05. The summed E-state index contributed by atoms with van der Waals surface area (Å²) >= 11 is 1.38. The van der Waals surface area contributed by atoms with E-state index in [1.807, 2.05) is 16.3 Å². The zero-order valence-corrected chi connectivity index (χ0v) is 17.6. The van der Waals surface area contributed by atoms with Gasteiger partial charge >= 0.3 is 0 Å². The van der Waals surface area contributed by atoms with Crippen LogP contribution in [0.25, 0.3) is 0 Å². The van der Waals surface area contributed by atoms with Gasteiger partial charge in [0.2, 0.25) is 11.7 Å². The van der Waals surface area contributed by atoms with Gasteiger partial charge < -0.3 is 15.1 Å². The van der Waals surface area contributed by atoms with Crippen molar-refractivity contribution in [3.63, 3.8) is 0 Å². The lowest BCUT2D eigenvalue weighted by Gasteiger charge is -2.41. The van der Waals surface area contributed by atoms with E-state index in [0.29, 0.717) is 42.2 Å². The number of benzene rings is 1. The summed E-state index contributed by atoms with van der Waals surface area (Å²) in [6, 6.07) is 10.7. The first-order chi connectivity index (χ1) is 13.6. The van der Waals surface area contributed by atoms with E-state index in [4.69, 9.17) is 0 Å². The number of thiophene rings is 1. The summed E-state index contributed by atoms with van der Waals surface area (Å²) in [7, 11) is 0. The normalized spacial score (nSPS) is 19.6. The number of hydrogen-bond donors (Lipinski definition) is 1. The second-order valence-corrected chi connectivity index (χ2v) is 8.11. The third kappa shape index (κ3) is 4.52. The predicted octanol–water partition coefficient (Wildman–Crippen LogP) is 2.44. The van der Waals surface area contributed by atoms with Gasteiger partial charge in [0, 0.05) is 37.8 Å². The molecule has 0 saturated carbocycles. The van der Waals surface area contributed by atoms with E-state index >= 15 is 0 Å². The molecule has 8 heteroatoms. The van der Waals surface area contributed by atoms with E-state index in [2.05, 4.69) is 5.32 Å². The van der Waals surface area contributed by atoms with Crippen molar-refractivity contribution in [3.05, 3.63) is 57.8 Å². The Bertz CT molecular complexity index is 887. The number of carbonyl (C=O) groups is 3. The van der Waals surface area contributed by atoms with Gasteiger partial charge in [0.25, 0.3) is 5.91 Å². The van der Waals surface area contributed by atoms with Crippen molar-refractivity contribution in [2.45, 2.75) is 18.9 Å². The molecule has 0 radical (unpaired) electrons. The van der Waals surface area contributed by atoms with Crippen molar-refractivity contribution in [1.82, 2.24) is 15.1 Å². The second-order valence-electron chi connectivity index (χ2n) is 7.16. The van der Waals surface area contributed by atoms with Crippen molar-refractivity contribution in [2.24, 2.45) is 0 Å². The largest absolute Gasteiger partial charge is 0.337 e. The average Bonchev–Trinajstić information content (AvgIpc) is 3.28. The van der Waals surface area contributed by atoms with Crippen LogP contribution in [0.5, 0.6) is 0 Å². The molecule has 6 nitrogen and oxygen atoms in total. The molecule has 2 aromatic rings. The minimum atomic E-state index is -0.132. The summed E-state index contributed by atoms with van der Waals surface area (Å²) in [6.07, 6.45) is 1.76. The smallest absolute Gasteiger partial charge is 0.254 e. The average molecular weight is 434 g/mol. The van der Waals surface area contributed by atoms with Crippen molar-refractivity contribution >= 4 is 41.3 Å². The molecule has 2 fully saturated rings. The summed E-state index contributed by atoms with van der Waals surface area (Å²) in [4.78, 5) is 42.7. The number of ketones is 1. The van der Waals surface area contributed by atoms with Crippen molar-refractivity contribution in [3.8, 4) is 0 Å². The molecule has 29 heavy (non-hydrogen) atoms. The van der Waals surface area contributed by atoms with Crippen LogP contribution in [0.4, 0.5) is 0 Å². The molecule has 154 valence electrons. The van der Waals surface area contributed by atoms with Crippen LogP contribution < -0.4 is 5.32 Å². The topological polar surface area (TPSA) is 69.7 Å². The van der Waals surface area contributed by atoms with Crippen molar-refractivity contribution < 1.29 is 14.4 Å². The van der Waals surface area contributed by atoms with E-state index in [-0.39, 0.29) is 36.0 Å². The molecular weight excluding hydrogens is 410 g/mol. The van der Waals surface area contributed by atoms with Crippen LogP contribution in [0.1, 0.15) is 38.4 Å². The molecule has 2 saturated heterocycles. The number of halogens is 1. The minimum absolute atomic E-state index is 0. The Morgan fingerprint density at radius 3 is 2.59 bits per heavy atom. The van der Waals surface area contributed by atoms with E-state index in [0.717, 1.165) is 19.4 Å². The molecule has 3 heterocycles. The number of likely N-dealkylation sites (tertiary alicyclic amines) is 1. The molecule has 0 aliphatic carbocycles. The monoisotopic (exact) mass is 433 g/mol. The van der Waals surface area contributed by atoms with Gasteiger partial charge in [-0.2, -0.15) is 0 Å². The standard InChI is InChI=1S/C21H23N3O3S.ClH/c25-19-13-22-9-11-24(19)15-5-3-10-23(14-15)21(27)17-7-2-1-6-16(17)20(26)18-8-4-12-28-18;/h1-2,4,6-8,12,15,22H,3,5,9-11,13-14H2;1H. The van der Waals surface area contributed by atoms with Crippen LogP contribution in [-0.4, -0.2) is 66.2 Å². The summed E-state index contributed by atoms with van der Waals surface area (Å²) in [5.74, 6) is -0.156. The highest BCUT2D eigenvalue weighted by atomic mass is 35.5. The van der Waals surface area contributed by atoms with E-state index in [1.165, 1.54) is 11.3 Å². The first-order valence-electron chi connectivity index (χ1n) is 9.62. The predicted molar refractivity (Wildman–Crippen MR) is 115 cm³/mol. The lowest BCUT2D eigenvalue weighted by molar-refractivity contribution is -0.135. The van der Waals surface area contributed by atoms with Crippen LogP contribution in [0.3, 0.4) is 0 Å². The highest BCUT2D eigenvalue weighted by molar-refractivity contribution is 7.12. The first-order valence-corrected chi connectivity index (χ1v) is 10.5. The van der Waals surface area contributed by atoms with Gasteiger partial charge in [0.1, 0.15) is 0 Å². The van der Waals surface area contributed by atoms with Gasteiger partial charge in [-0.1, -0.05) is 24.3 Å². The van der Waals surface area contributed by atoms with Gasteiger partial charge in [-0.05, 0) is 30.4 Å². The third-order valence-electron chi connectivity index (χ3n) is 5.40. The van der Waals surface area contributed by atoms with E-state index in [9.17, 15) is 14.4 Å². The number of piperidine rings is 1. The lowest BCUT2D eigenvalue weighted by atomic mass is 9.98. The fourth-order valence-electron chi connectivity index (χ4n) is 3.98. The van der Waals surface area contributed by atoms with E-state index < -0.39 is 0 Å². The lowest BCUT2D eigenvalue weighted by Crippen LogP contribution is -2.57. The van der Waals surface area contributed by atoms with E-state index in [1.54, 1.807) is 35.2 Å². The van der Waals surface area contributed by atoms with Crippen molar-refractivity contribution in [1.29, 1.82) is 0 Å². The van der Waals surface area contributed by atoms with Gasteiger partial charge in [-0.3, -0.25) is 14.4 Å². The van der Waals surface area contributed by atoms with Gasteiger partial charge in [-0.15, -0.1) is 23.7 Å². The first kappa shape index (κ1) is 21.5. The number of hydrogen-bond acceptors (Lipinski definition) is 5. The number of carbonyl (C=O) groups excluding carboxylic acids is 3. The SMILES string of the molecule is Cl.O=C(c1cccs1)c1ccccc1C(=O)N1CCCC(N2CCNCC2=O)C1. The van der Waals surface area contributed by atoms with Crippen LogP contribution in [0.2, 0.25) is 0 Å². The molecule has 1 N–H and O–H groups in total. The number of amides is 2. The Morgan fingerprint density at radius 1 is 1.07 bits per heavy atom. The van der Waals surface area contributed by atoms with Crippen LogP contribution in [0, 0.1) is 0 Å². The molecule has 1 aromatic carbocycles. The Morgan fingerprint density at radius 2 is 1.86 bits per heavy atom. The fraction of sp³-hybridized carbons (Fsp3) is 0.381. The molecule has 1 unspecified atom stereocenters. The Labute approximate surface area is 180 Å². The molecule has 1 atom stereocenters. The number of nitrogens with zero attached hydrogens (tertiary/aromatic N) is 2. The van der Waals surface area contributed by atoms with Crippen LogP contribution >= 0.6 is 23.7 Å². The minimum Gasteiger partial charge on any atom is -0.337 e. The highest BCUT2D eigenvalue weighted by Gasteiger charge is 2.33. The fourth-order valence-corrected chi connectivity index (χ4v) is 4.66. The zero-order chi connectivity index (χ0) is 19.5. The van der Waals surface area contributed by atoms with Gasteiger partial charge in [-0.25, -0.2) is 0 Å². The molecule has 0 bridgehead atoms. The summed E-state index contributed by atoms with van der Waals surface area (Å²) in [5, 5.41) is 4.95. The Balaban J connectivity index is 0.00000240. The number of rotatable bonds is 4. The maximum Gasteiger partial charge on any atom is 0.254 e.